The van der Waals surface area contributed by atoms with Gasteiger partial charge in [0.05, 0.1) is 0 Å². The van der Waals surface area contributed by atoms with Gasteiger partial charge in [0.25, 0.3) is 0 Å². The maximum Gasteiger partial charge on any atom is 0 e. The molecule has 6 aromatic carbocycles. The van der Waals surface area contributed by atoms with Crippen molar-refractivity contribution in [1.29, 1.82) is 0 Å². The molecule has 4 heteroatoms. The maximum absolute atomic E-state index is 4.93. The molecule has 0 bridgehead atoms. The topological polar surface area (TPSA) is 0 Å². The van der Waals surface area contributed by atoms with Crippen molar-refractivity contribution < 1.29 is 20.8 Å². The molecule has 204 valence electrons. The fraction of sp³-hybridized carbons (Fsp3) is 0.200. The number of fused-ring (bicyclic) bond motifs is 6. The molecule has 0 aliphatic carbocycles. The van der Waals surface area contributed by atoms with E-state index >= 15 is 0 Å². The summed E-state index contributed by atoms with van der Waals surface area (Å²) in [4.78, 5) is 0. The van der Waals surface area contributed by atoms with E-state index in [-0.39, 0.29) is 18.4 Å². The number of unbranched alkanes of at least 4 members (excludes halogenated alkanes) is 5. The van der Waals surface area contributed by atoms with E-state index in [9.17, 15) is 0 Å². The van der Waals surface area contributed by atoms with Gasteiger partial charge in [-0.3, -0.25) is 0 Å². The number of rotatable bonds is 5. The fourth-order valence-corrected chi connectivity index (χ4v) is 4.59. The van der Waals surface area contributed by atoms with Crippen LogP contribution in [0.15, 0.2) is 109 Å². The van der Waals surface area contributed by atoms with Gasteiger partial charge < -0.3 is 14.4 Å². The Morgan fingerprint density at radius 3 is 1.13 bits per heavy atom. The molecule has 0 saturated heterocycles. The molecule has 4 radical (unpaired) electrons. The average molecular weight is 649 g/mol. The summed E-state index contributed by atoms with van der Waals surface area (Å²) in [5, 5.41) is 10.8. The van der Waals surface area contributed by atoms with Gasteiger partial charge in [0.15, 0.2) is 0 Å². The van der Waals surface area contributed by atoms with Crippen LogP contribution in [0.3, 0.4) is 0 Å². The van der Waals surface area contributed by atoms with E-state index in [1.54, 1.807) is 0 Å². The quantitative estimate of drug-likeness (QED) is 0.0991. The van der Waals surface area contributed by atoms with Crippen molar-refractivity contribution in [2.24, 2.45) is 0 Å². The molecule has 0 amide bonds. The van der Waals surface area contributed by atoms with E-state index in [1.165, 1.54) is 75.2 Å². The second kappa shape index (κ2) is 20.2. The van der Waals surface area contributed by atoms with E-state index in [1.807, 2.05) is 0 Å². The minimum atomic E-state index is -0.826. The third kappa shape index (κ3) is 10.7. The van der Waals surface area contributed by atoms with Crippen LogP contribution in [0.4, 0.5) is 0 Å². The molecule has 0 spiro atoms. The van der Waals surface area contributed by atoms with Crippen LogP contribution < -0.4 is 0 Å². The standard InChI is InChI=1S/2C13H9.C8H17.CH3.2ClH.Si.Zr/c2*1-3-7-12-10(5-1)9-11-6-2-4-8-13(11)12;1-3-5-7-8-6-4-2;;;;;/h2*1-9H;1,3-8H2,2H3;1H3;2*1H;;/q4*-1;;;;+2/p-2. The minimum Gasteiger partial charge on any atom is -0.126 e. The van der Waals surface area contributed by atoms with Crippen molar-refractivity contribution in [3.05, 3.63) is 124 Å². The molecule has 0 saturated carbocycles. The summed E-state index contributed by atoms with van der Waals surface area (Å²) < 4.78 is 0. The van der Waals surface area contributed by atoms with E-state index in [0.29, 0.717) is 0 Å². The van der Waals surface area contributed by atoms with Crippen LogP contribution in [-0.2, 0) is 20.8 Å². The van der Waals surface area contributed by atoms with E-state index in [2.05, 4.69) is 123 Å². The predicted molar refractivity (Wildman–Crippen MR) is 177 cm³/mol. The number of benzene rings is 4. The molecule has 6 aromatic rings. The Bertz CT molecular complexity index is 1250. The first-order valence-electron chi connectivity index (χ1n) is 13.0. The molecule has 0 nitrogen and oxygen atoms in total. The van der Waals surface area contributed by atoms with Crippen molar-refractivity contribution >= 4 is 71.1 Å². The molecule has 0 aliphatic rings. The first-order chi connectivity index (χ1) is 18.2. The SMILES string of the molecule is [CH2-]CCCCCCC.[CH3-].[Cl][Zr][Cl].[Si].c1ccc2c(c1)[cH-]c1ccccc12.c1ccc2c(c1)[cH-]c1ccccc12. The van der Waals surface area contributed by atoms with Crippen LogP contribution in [-0.4, -0.2) is 11.0 Å². The molecular formula is C35H38Cl2SiZr-4. The summed E-state index contributed by atoms with van der Waals surface area (Å²) in [6.07, 6.45) is 7.98. The minimum absolute atomic E-state index is 0. The van der Waals surface area contributed by atoms with Crippen LogP contribution >= 0.6 is 17.0 Å². The first kappa shape index (κ1) is 35.3. The van der Waals surface area contributed by atoms with E-state index in [4.69, 9.17) is 17.0 Å². The Labute approximate surface area is 259 Å². The Balaban J connectivity index is 0.000000280. The molecule has 0 aromatic heterocycles. The van der Waals surface area contributed by atoms with E-state index < -0.39 is 20.8 Å². The van der Waals surface area contributed by atoms with Crippen LogP contribution in [0.25, 0.3) is 43.1 Å². The Kier molecular flexibility index (Phi) is 18.3. The molecule has 6 rings (SSSR count). The molecule has 0 heterocycles. The van der Waals surface area contributed by atoms with Crippen LogP contribution in [0.5, 0.6) is 0 Å². The molecular weight excluding hydrogens is 611 g/mol. The largest absolute Gasteiger partial charge is 0.126 e. The Hall–Kier alpha value is -1.70. The molecule has 0 aliphatic heterocycles. The molecule has 0 atom stereocenters. The normalized spacial score (nSPS) is 9.74. The zero-order valence-electron chi connectivity index (χ0n) is 23.1. The second-order valence-electron chi connectivity index (χ2n) is 8.98. The van der Waals surface area contributed by atoms with Gasteiger partial charge in [-0.05, 0) is 0 Å². The van der Waals surface area contributed by atoms with Gasteiger partial charge in [0.1, 0.15) is 0 Å². The summed E-state index contributed by atoms with van der Waals surface area (Å²) in [5.41, 5.74) is 0. The second-order valence-corrected chi connectivity index (χ2v) is 12.7. The summed E-state index contributed by atoms with van der Waals surface area (Å²) in [6.45, 7) is 6.02. The van der Waals surface area contributed by atoms with Crippen molar-refractivity contribution in [3.8, 4) is 0 Å². The summed E-state index contributed by atoms with van der Waals surface area (Å²) in [5.74, 6) is 0. The zero-order valence-corrected chi connectivity index (χ0v) is 28.1. The smallest absolute Gasteiger partial charge is 0 e. The third-order valence-corrected chi connectivity index (χ3v) is 6.40. The molecule has 0 unspecified atom stereocenters. The molecule has 0 N–H and O–H groups in total. The van der Waals surface area contributed by atoms with Gasteiger partial charge in [-0.15, -0.1) is 79.5 Å². The zero-order chi connectivity index (χ0) is 26.3. The monoisotopic (exact) mass is 646 g/mol. The van der Waals surface area contributed by atoms with Crippen molar-refractivity contribution in [1.82, 2.24) is 0 Å². The van der Waals surface area contributed by atoms with Gasteiger partial charge in [0.2, 0.25) is 0 Å². The van der Waals surface area contributed by atoms with Gasteiger partial charge in [-0.1, -0.05) is 112 Å². The Morgan fingerprint density at radius 2 is 0.846 bits per heavy atom. The van der Waals surface area contributed by atoms with Gasteiger partial charge >= 0.3 is 37.9 Å². The van der Waals surface area contributed by atoms with Crippen LogP contribution in [0, 0.1) is 14.4 Å². The van der Waals surface area contributed by atoms with Gasteiger partial charge in [-0.25, -0.2) is 0 Å². The van der Waals surface area contributed by atoms with Gasteiger partial charge in [-0.2, -0.15) is 6.42 Å². The van der Waals surface area contributed by atoms with Crippen molar-refractivity contribution in [2.45, 2.75) is 45.4 Å². The van der Waals surface area contributed by atoms with Crippen LogP contribution in [0.2, 0.25) is 0 Å². The maximum atomic E-state index is 4.93. The van der Waals surface area contributed by atoms with Crippen molar-refractivity contribution in [2.75, 3.05) is 0 Å². The molecule has 0 fully saturated rings. The summed E-state index contributed by atoms with van der Waals surface area (Å²) in [7, 11) is 9.87. The Morgan fingerprint density at radius 1 is 0.564 bits per heavy atom. The number of halogens is 2. The fourth-order valence-electron chi connectivity index (χ4n) is 4.59. The van der Waals surface area contributed by atoms with Crippen LogP contribution in [0.1, 0.15) is 45.4 Å². The number of hydrogen-bond acceptors (Lipinski definition) is 0. The predicted octanol–water partition coefficient (Wildman–Crippen LogP) is 12.1. The third-order valence-electron chi connectivity index (χ3n) is 6.40. The summed E-state index contributed by atoms with van der Waals surface area (Å²) in [6, 6.07) is 38.5. The molecule has 39 heavy (non-hydrogen) atoms. The number of hydrogen-bond donors (Lipinski definition) is 0. The average Bonchev–Trinajstić information content (AvgIpc) is 3.51. The van der Waals surface area contributed by atoms with Gasteiger partial charge in [0, 0.05) is 11.0 Å². The van der Waals surface area contributed by atoms with E-state index in [0.717, 1.165) is 6.42 Å². The first-order valence-corrected chi connectivity index (χ1v) is 19.4. The summed E-state index contributed by atoms with van der Waals surface area (Å²) >= 11 is -0.826. The van der Waals surface area contributed by atoms with Crippen molar-refractivity contribution in [3.63, 3.8) is 0 Å².